The van der Waals surface area contributed by atoms with Crippen LogP contribution in [0.15, 0.2) is 0 Å². The van der Waals surface area contributed by atoms with E-state index in [9.17, 15) is 0 Å². The zero-order valence-corrected chi connectivity index (χ0v) is 7.71. The van der Waals surface area contributed by atoms with Crippen molar-refractivity contribution in [3.63, 3.8) is 0 Å². The zero-order chi connectivity index (χ0) is 8.13. The van der Waals surface area contributed by atoms with Crippen molar-refractivity contribution < 1.29 is 0 Å². The van der Waals surface area contributed by atoms with Gasteiger partial charge in [-0.1, -0.05) is 19.3 Å². The van der Waals surface area contributed by atoms with E-state index in [0.717, 1.165) is 23.7 Å². The van der Waals surface area contributed by atoms with Gasteiger partial charge >= 0.3 is 0 Å². The van der Waals surface area contributed by atoms with Gasteiger partial charge in [0.05, 0.1) is 0 Å². The van der Waals surface area contributed by atoms with E-state index in [1.165, 1.54) is 38.5 Å². The van der Waals surface area contributed by atoms with E-state index in [1.54, 1.807) is 0 Å². The van der Waals surface area contributed by atoms with Crippen LogP contribution >= 0.6 is 0 Å². The smallest absolute Gasteiger partial charge is 0.0101 e. The third-order valence-corrected chi connectivity index (χ3v) is 4.74. The van der Waals surface area contributed by atoms with Crippen LogP contribution in [-0.2, 0) is 0 Å². The molecule has 0 saturated heterocycles. The lowest BCUT2D eigenvalue weighted by molar-refractivity contribution is 0.128. The van der Waals surface area contributed by atoms with Crippen LogP contribution < -0.4 is 5.73 Å². The maximum absolute atomic E-state index is 6.27. The molecule has 3 fully saturated rings. The van der Waals surface area contributed by atoms with Crippen molar-refractivity contribution in [2.75, 3.05) is 0 Å². The van der Waals surface area contributed by atoms with Gasteiger partial charge in [0.2, 0.25) is 0 Å². The summed E-state index contributed by atoms with van der Waals surface area (Å²) in [5.74, 6) is 3.93. The molecule has 3 rings (SSSR count). The summed E-state index contributed by atoms with van der Waals surface area (Å²) >= 11 is 0. The van der Waals surface area contributed by atoms with Crippen LogP contribution in [0, 0.1) is 23.7 Å². The lowest BCUT2D eigenvalue weighted by atomic mass is 9.68. The number of fused-ring (bicyclic) bond motifs is 2. The summed E-state index contributed by atoms with van der Waals surface area (Å²) < 4.78 is 0. The van der Waals surface area contributed by atoms with E-state index in [4.69, 9.17) is 5.73 Å². The molecule has 0 aromatic carbocycles. The largest absolute Gasteiger partial charge is 0.327 e. The van der Waals surface area contributed by atoms with Crippen molar-refractivity contribution >= 4 is 0 Å². The molecule has 0 amide bonds. The maximum Gasteiger partial charge on any atom is 0.0101 e. The molecule has 4 atom stereocenters. The molecule has 0 aromatic heterocycles. The Hall–Kier alpha value is -0.0400. The van der Waals surface area contributed by atoms with Gasteiger partial charge in [-0.25, -0.2) is 0 Å². The molecule has 0 radical (unpaired) electrons. The summed E-state index contributed by atoms with van der Waals surface area (Å²) in [7, 11) is 0. The first-order valence-electron chi connectivity index (χ1n) is 5.62. The highest BCUT2D eigenvalue weighted by molar-refractivity contribution is 5.02. The van der Waals surface area contributed by atoms with Gasteiger partial charge in [0.1, 0.15) is 0 Å². The van der Waals surface area contributed by atoms with Gasteiger partial charge in [0, 0.05) is 6.04 Å². The van der Waals surface area contributed by atoms with Crippen LogP contribution in [-0.4, -0.2) is 6.04 Å². The van der Waals surface area contributed by atoms with E-state index in [2.05, 4.69) is 0 Å². The van der Waals surface area contributed by atoms with Gasteiger partial charge in [0.25, 0.3) is 0 Å². The van der Waals surface area contributed by atoms with Gasteiger partial charge in [0.15, 0.2) is 0 Å². The molecule has 2 N–H and O–H groups in total. The van der Waals surface area contributed by atoms with Crippen molar-refractivity contribution in [2.24, 2.45) is 29.4 Å². The minimum Gasteiger partial charge on any atom is -0.327 e. The third kappa shape index (κ3) is 0.834. The van der Waals surface area contributed by atoms with Crippen molar-refractivity contribution in [3.8, 4) is 0 Å². The molecule has 0 aromatic rings. The third-order valence-electron chi connectivity index (χ3n) is 4.74. The first-order valence-corrected chi connectivity index (χ1v) is 5.62. The average Bonchev–Trinajstić information content (AvgIpc) is 2.50. The molecule has 68 valence electrons. The molecule has 2 bridgehead atoms. The fourth-order valence-electron chi connectivity index (χ4n) is 3.90. The molecule has 3 aliphatic carbocycles. The Morgan fingerprint density at radius 1 is 0.833 bits per heavy atom. The standard InChI is InChI=1S/C11H19N/c12-11-9-5-4-8(6-9)10(11)7-2-1-3-7/h7-11H,1-6,12H2/t8-,9+,10+,11+/m0/s1. The summed E-state index contributed by atoms with van der Waals surface area (Å²) in [6.45, 7) is 0. The van der Waals surface area contributed by atoms with Gasteiger partial charge in [-0.3, -0.25) is 0 Å². The summed E-state index contributed by atoms with van der Waals surface area (Å²) in [5.41, 5.74) is 6.27. The predicted molar refractivity (Wildman–Crippen MR) is 49.6 cm³/mol. The Bertz CT molecular complexity index is 183. The number of hydrogen-bond acceptors (Lipinski definition) is 1. The Balaban J connectivity index is 1.77. The fourth-order valence-corrected chi connectivity index (χ4v) is 3.90. The highest BCUT2D eigenvalue weighted by Gasteiger charge is 2.49. The monoisotopic (exact) mass is 165 g/mol. The summed E-state index contributed by atoms with van der Waals surface area (Å²) in [6, 6.07) is 0.592. The van der Waals surface area contributed by atoms with Crippen molar-refractivity contribution in [2.45, 2.75) is 44.6 Å². The Morgan fingerprint density at radius 2 is 1.58 bits per heavy atom. The summed E-state index contributed by atoms with van der Waals surface area (Å²) in [5, 5.41) is 0. The molecular weight excluding hydrogens is 146 g/mol. The number of nitrogens with two attached hydrogens (primary N) is 1. The van der Waals surface area contributed by atoms with Crippen LogP contribution in [0.4, 0.5) is 0 Å². The van der Waals surface area contributed by atoms with Crippen LogP contribution in [0.5, 0.6) is 0 Å². The van der Waals surface area contributed by atoms with E-state index >= 15 is 0 Å². The van der Waals surface area contributed by atoms with Crippen LogP contribution in [0.1, 0.15) is 38.5 Å². The molecule has 0 heterocycles. The van der Waals surface area contributed by atoms with Gasteiger partial charge in [-0.2, -0.15) is 0 Å². The van der Waals surface area contributed by atoms with E-state index < -0.39 is 0 Å². The molecular formula is C11H19N. The van der Waals surface area contributed by atoms with Gasteiger partial charge in [-0.15, -0.1) is 0 Å². The lowest BCUT2D eigenvalue weighted by Crippen LogP contribution is -2.41. The van der Waals surface area contributed by atoms with Crippen LogP contribution in [0.25, 0.3) is 0 Å². The predicted octanol–water partition coefficient (Wildman–Crippen LogP) is 2.16. The van der Waals surface area contributed by atoms with Gasteiger partial charge < -0.3 is 5.73 Å². The van der Waals surface area contributed by atoms with Crippen molar-refractivity contribution in [1.82, 2.24) is 0 Å². The topological polar surface area (TPSA) is 26.0 Å². The van der Waals surface area contributed by atoms with E-state index in [0.29, 0.717) is 6.04 Å². The fraction of sp³-hybridized carbons (Fsp3) is 1.00. The molecule has 1 nitrogen and oxygen atoms in total. The first kappa shape index (κ1) is 7.37. The van der Waals surface area contributed by atoms with Crippen LogP contribution in [0.3, 0.4) is 0 Å². The average molecular weight is 165 g/mol. The minimum atomic E-state index is 0.592. The summed E-state index contributed by atoms with van der Waals surface area (Å²) in [4.78, 5) is 0. The molecule has 0 aliphatic heterocycles. The Labute approximate surface area is 74.7 Å². The van der Waals surface area contributed by atoms with E-state index in [-0.39, 0.29) is 0 Å². The second-order valence-corrected chi connectivity index (χ2v) is 5.18. The highest BCUT2D eigenvalue weighted by Crippen LogP contribution is 2.54. The van der Waals surface area contributed by atoms with Gasteiger partial charge in [-0.05, 0) is 42.9 Å². The molecule has 0 unspecified atom stereocenters. The number of rotatable bonds is 1. The normalized spacial score (nSPS) is 52.8. The van der Waals surface area contributed by atoms with Crippen molar-refractivity contribution in [1.29, 1.82) is 0 Å². The van der Waals surface area contributed by atoms with E-state index in [1.807, 2.05) is 0 Å². The second-order valence-electron chi connectivity index (χ2n) is 5.18. The quantitative estimate of drug-likeness (QED) is 0.633. The SMILES string of the molecule is N[C@@H]1[C@@H]2CC[C@@H](C2)[C@H]1C1CCC1. The number of hydrogen-bond donors (Lipinski definition) is 1. The molecule has 12 heavy (non-hydrogen) atoms. The molecule has 3 aliphatic rings. The molecule has 0 spiro atoms. The summed E-state index contributed by atoms with van der Waals surface area (Å²) in [6.07, 6.45) is 8.87. The Kier molecular flexibility index (Phi) is 1.52. The minimum absolute atomic E-state index is 0.592. The van der Waals surface area contributed by atoms with Crippen LogP contribution in [0.2, 0.25) is 0 Å². The molecule has 1 heteroatoms. The lowest BCUT2D eigenvalue weighted by Gasteiger charge is -2.39. The molecule has 3 saturated carbocycles. The maximum atomic E-state index is 6.27. The zero-order valence-electron chi connectivity index (χ0n) is 7.71. The Morgan fingerprint density at radius 3 is 2.08 bits per heavy atom. The second kappa shape index (κ2) is 2.47. The highest BCUT2D eigenvalue weighted by atomic mass is 14.7. The first-order chi connectivity index (χ1) is 5.86. The van der Waals surface area contributed by atoms with Crippen molar-refractivity contribution in [3.05, 3.63) is 0 Å².